The number of rotatable bonds is 6. The molecular weight excluding hydrogens is 461 g/mol. The van der Waals surface area contributed by atoms with Crippen LogP contribution in [0.4, 0.5) is 18.9 Å². The van der Waals surface area contributed by atoms with E-state index < -0.39 is 17.8 Å². The number of aromatic nitrogens is 5. The van der Waals surface area contributed by atoms with E-state index in [0.29, 0.717) is 16.0 Å². The van der Waals surface area contributed by atoms with Crippen LogP contribution in [-0.2, 0) is 19.3 Å². The van der Waals surface area contributed by atoms with Gasteiger partial charge < -0.3 is 10.1 Å². The van der Waals surface area contributed by atoms with Crippen molar-refractivity contribution >= 4 is 28.8 Å². The molecule has 0 atom stereocenters. The Balaban J connectivity index is 1.49. The zero-order valence-electron chi connectivity index (χ0n) is 17.5. The van der Waals surface area contributed by atoms with Crippen LogP contribution >= 0.6 is 11.6 Å². The average molecular weight is 479 g/mol. The van der Waals surface area contributed by atoms with Crippen molar-refractivity contribution < 1.29 is 22.7 Å². The molecular formula is C21H18ClF3N6O2. The van der Waals surface area contributed by atoms with E-state index in [0.717, 1.165) is 12.5 Å². The van der Waals surface area contributed by atoms with Crippen LogP contribution in [0, 0.1) is 6.92 Å². The molecule has 1 amide bonds. The molecule has 0 bridgehead atoms. The van der Waals surface area contributed by atoms with Crippen LogP contribution in [0.3, 0.4) is 0 Å². The van der Waals surface area contributed by atoms with E-state index in [-0.39, 0.29) is 28.8 Å². The third-order valence-corrected chi connectivity index (χ3v) is 5.10. The van der Waals surface area contributed by atoms with Crippen molar-refractivity contribution in [3.8, 4) is 5.75 Å². The third kappa shape index (κ3) is 4.77. The van der Waals surface area contributed by atoms with Gasteiger partial charge in [0.05, 0.1) is 18.1 Å². The van der Waals surface area contributed by atoms with Gasteiger partial charge >= 0.3 is 6.18 Å². The normalized spacial score (nSPS) is 11.7. The summed E-state index contributed by atoms with van der Waals surface area (Å²) < 4.78 is 47.7. The fourth-order valence-electron chi connectivity index (χ4n) is 3.11. The minimum Gasteiger partial charge on any atom is -0.471 e. The van der Waals surface area contributed by atoms with Crippen molar-refractivity contribution in [1.29, 1.82) is 0 Å². The van der Waals surface area contributed by atoms with Crippen LogP contribution in [0.5, 0.6) is 5.75 Å². The van der Waals surface area contributed by atoms with Crippen molar-refractivity contribution in [3.05, 3.63) is 70.4 Å². The predicted octanol–water partition coefficient (Wildman–Crippen LogP) is 4.76. The van der Waals surface area contributed by atoms with Crippen LogP contribution in [-0.4, -0.2) is 30.3 Å². The number of carbonyl (C=O) groups is 1. The Bertz CT molecular complexity index is 1310. The number of hydrogen-bond donors (Lipinski definition) is 1. The van der Waals surface area contributed by atoms with Gasteiger partial charge in [-0.15, -0.1) is 0 Å². The number of amides is 1. The van der Waals surface area contributed by atoms with Gasteiger partial charge in [0.15, 0.2) is 18.1 Å². The number of nitrogens with zero attached hydrogens (tertiary/aromatic N) is 5. The molecule has 3 heterocycles. The maximum Gasteiger partial charge on any atom is 0.433 e. The molecule has 4 aromatic rings. The number of aryl methyl sites for hydroxylation is 2. The summed E-state index contributed by atoms with van der Waals surface area (Å²) in [4.78, 5) is 16.6. The molecule has 0 saturated carbocycles. The Kier molecular flexibility index (Phi) is 5.98. The van der Waals surface area contributed by atoms with Gasteiger partial charge in [0.25, 0.3) is 5.91 Å². The minimum absolute atomic E-state index is 0.0918. The molecule has 172 valence electrons. The summed E-state index contributed by atoms with van der Waals surface area (Å²) in [5, 5.41) is 10.1. The zero-order valence-corrected chi connectivity index (χ0v) is 18.3. The van der Waals surface area contributed by atoms with Crippen molar-refractivity contribution in [3.63, 3.8) is 0 Å². The Morgan fingerprint density at radius 3 is 2.64 bits per heavy atom. The zero-order chi connectivity index (χ0) is 23.8. The maximum atomic E-state index is 13.4. The van der Waals surface area contributed by atoms with E-state index in [4.69, 9.17) is 16.3 Å². The quantitative estimate of drug-likeness (QED) is 0.432. The lowest BCUT2D eigenvalue weighted by atomic mass is 10.2. The van der Waals surface area contributed by atoms with E-state index in [2.05, 4.69) is 27.4 Å². The van der Waals surface area contributed by atoms with Crippen molar-refractivity contribution in [2.75, 3.05) is 5.32 Å². The molecule has 1 aromatic carbocycles. The summed E-state index contributed by atoms with van der Waals surface area (Å²) in [5.74, 6) is -0.139. The van der Waals surface area contributed by atoms with Gasteiger partial charge in [-0.3, -0.25) is 4.79 Å². The number of carbonyl (C=O) groups excluding carboxylic acids is 1. The summed E-state index contributed by atoms with van der Waals surface area (Å²) in [6, 6.07) is 8.45. The molecule has 3 aromatic heterocycles. The summed E-state index contributed by atoms with van der Waals surface area (Å²) in [5.41, 5.74) is -0.160. The number of halogens is 4. The second kappa shape index (κ2) is 8.74. The highest BCUT2D eigenvalue weighted by molar-refractivity contribution is 6.37. The van der Waals surface area contributed by atoms with E-state index in [9.17, 15) is 18.0 Å². The van der Waals surface area contributed by atoms with Crippen molar-refractivity contribution in [2.24, 2.45) is 0 Å². The molecule has 0 saturated heterocycles. The lowest BCUT2D eigenvalue weighted by Crippen LogP contribution is -2.15. The van der Waals surface area contributed by atoms with E-state index in [1.165, 1.54) is 29.6 Å². The van der Waals surface area contributed by atoms with Crippen LogP contribution in [0.25, 0.3) is 5.65 Å². The molecule has 0 spiro atoms. The van der Waals surface area contributed by atoms with Gasteiger partial charge in [-0.05, 0) is 37.1 Å². The smallest absolute Gasteiger partial charge is 0.433 e. The summed E-state index contributed by atoms with van der Waals surface area (Å²) in [7, 11) is 0. The lowest BCUT2D eigenvalue weighted by Gasteiger charge is -2.09. The Morgan fingerprint density at radius 2 is 1.97 bits per heavy atom. The first-order chi connectivity index (χ1) is 15.7. The van der Waals surface area contributed by atoms with Crippen molar-refractivity contribution in [1.82, 2.24) is 24.4 Å². The van der Waals surface area contributed by atoms with Gasteiger partial charge in [-0.25, -0.2) is 14.2 Å². The molecule has 8 nitrogen and oxygen atoms in total. The lowest BCUT2D eigenvalue weighted by molar-refractivity contribution is -0.142. The number of benzene rings is 1. The average Bonchev–Trinajstić information content (AvgIpc) is 3.35. The van der Waals surface area contributed by atoms with Gasteiger partial charge in [0.2, 0.25) is 0 Å². The number of fused-ring (bicyclic) bond motifs is 1. The highest BCUT2D eigenvalue weighted by Crippen LogP contribution is 2.32. The molecule has 0 aliphatic rings. The van der Waals surface area contributed by atoms with Crippen LogP contribution in [0.2, 0.25) is 5.02 Å². The van der Waals surface area contributed by atoms with E-state index in [1.54, 1.807) is 0 Å². The molecule has 0 aliphatic carbocycles. The Hall–Kier alpha value is -3.60. The Morgan fingerprint density at radius 1 is 1.24 bits per heavy atom. The predicted molar refractivity (Wildman–Crippen MR) is 114 cm³/mol. The number of nitrogens with one attached hydrogen (secondary N) is 1. The molecule has 4 rings (SSSR count). The Labute approximate surface area is 190 Å². The number of anilines is 1. The SMILES string of the molecule is CCc1ccc(OCn2cc(NC(=O)c3nn4c(C(F)(F)F)cc(C)nc4c3Cl)cn2)cc1. The first-order valence-corrected chi connectivity index (χ1v) is 10.2. The van der Waals surface area contributed by atoms with Crippen molar-refractivity contribution in [2.45, 2.75) is 33.2 Å². The second-order valence-corrected chi connectivity index (χ2v) is 7.55. The standard InChI is InChI=1S/C21H18ClF3N6O2/c1-3-13-4-6-15(7-5-13)33-11-30-10-14(9-26-30)28-20(32)18-17(22)19-27-12(2)8-16(21(23,24)25)31(19)29-18/h4-10H,3,11H2,1-2H3,(H,28,32). The highest BCUT2D eigenvalue weighted by atomic mass is 35.5. The third-order valence-electron chi connectivity index (χ3n) is 4.75. The van der Waals surface area contributed by atoms with E-state index in [1.807, 2.05) is 24.3 Å². The minimum atomic E-state index is -4.70. The molecule has 1 N–H and O–H groups in total. The number of hydrogen-bond acceptors (Lipinski definition) is 5. The second-order valence-electron chi connectivity index (χ2n) is 7.17. The molecule has 12 heteroatoms. The van der Waals surface area contributed by atoms with Crippen LogP contribution in [0.15, 0.2) is 42.7 Å². The first-order valence-electron chi connectivity index (χ1n) is 9.84. The van der Waals surface area contributed by atoms with Gasteiger partial charge in [-0.2, -0.15) is 23.4 Å². The number of ether oxygens (including phenoxy) is 1. The molecule has 33 heavy (non-hydrogen) atoms. The van der Waals surface area contributed by atoms with Gasteiger partial charge in [-0.1, -0.05) is 30.7 Å². The van der Waals surface area contributed by atoms with Crippen LogP contribution in [0.1, 0.15) is 34.4 Å². The maximum absolute atomic E-state index is 13.4. The van der Waals surface area contributed by atoms with Gasteiger partial charge in [0, 0.05) is 5.69 Å². The summed E-state index contributed by atoms with van der Waals surface area (Å²) in [6.45, 7) is 3.54. The first kappa shape index (κ1) is 22.6. The topological polar surface area (TPSA) is 86.3 Å². The van der Waals surface area contributed by atoms with E-state index >= 15 is 0 Å². The molecule has 0 unspecified atom stereocenters. The highest BCUT2D eigenvalue weighted by Gasteiger charge is 2.36. The van der Waals surface area contributed by atoms with Crippen LogP contribution < -0.4 is 10.1 Å². The molecule has 0 radical (unpaired) electrons. The fraction of sp³-hybridized carbons (Fsp3) is 0.238. The molecule has 0 aliphatic heterocycles. The monoisotopic (exact) mass is 478 g/mol. The van der Waals surface area contributed by atoms with Gasteiger partial charge in [0.1, 0.15) is 16.5 Å². The fourth-order valence-corrected chi connectivity index (χ4v) is 3.36. The number of alkyl halides is 3. The molecule has 0 fully saturated rings. The largest absolute Gasteiger partial charge is 0.471 e. The summed E-state index contributed by atoms with van der Waals surface area (Å²) in [6.07, 6.45) is -0.903. The summed E-state index contributed by atoms with van der Waals surface area (Å²) >= 11 is 6.14.